The van der Waals surface area contributed by atoms with Crippen LogP contribution in [-0.2, 0) is 17.9 Å². The van der Waals surface area contributed by atoms with E-state index < -0.39 is 28.3 Å². The molecule has 0 aliphatic carbocycles. The molecule has 0 unspecified atom stereocenters. The molecular formula is C16H17F5N4O2. The van der Waals surface area contributed by atoms with Gasteiger partial charge in [0.2, 0.25) is 5.82 Å². The zero-order valence-corrected chi connectivity index (χ0v) is 14.9. The van der Waals surface area contributed by atoms with E-state index in [1.165, 1.54) is 25.1 Å². The van der Waals surface area contributed by atoms with Crippen molar-refractivity contribution in [1.29, 1.82) is 0 Å². The highest BCUT2D eigenvalue weighted by atomic mass is 19.4. The molecular weight excluding hydrogens is 375 g/mol. The van der Waals surface area contributed by atoms with E-state index in [1.807, 2.05) is 0 Å². The molecule has 1 heterocycles. The normalized spacial score (nSPS) is 13.1. The molecule has 11 heteroatoms. The molecule has 0 aliphatic rings. The number of nitro benzene ring substituents is 1. The maximum atomic E-state index is 13.7. The van der Waals surface area contributed by atoms with E-state index in [9.17, 15) is 32.1 Å². The third-order valence-electron chi connectivity index (χ3n) is 3.77. The molecule has 0 fully saturated rings. The lowest BCUT2D eigenvalue weighted by atomic mass is 9.95. The third kappa shape index (κ3) is 4.06. The largest absolute Gasteiger partial charge is 0.461 e. The summed E-state index contributed by atoms with van der Waals surface area (Å²) in [6.45, 7) is 6.14. The fraction of sp³-hybridized carbons (Fsp3) is 0.500. The Labute approximate surface area is 151 Å². The Kier molecular flexibility index (Phi) is 5.02. The second-order valence-electron chi connectivity index (χ2n) is 7.12. The molecule has 0 saturated carbocycles. The Morgan fingerprint density at radius 1 is 1.15 bits per heavy atom. The molecule has 0 N–H and O–H groups in total. The molecule has 148 valence electrons. The SMILES string of the molecule is Cc1cc(Cn2nc(C(F)(F)C(F)(F)F)nc2C(C)(C)C)ccc1[N+](=O)[O-]. The summed E-state index contributed by atoms with van der Waals surface area (Å²) in [6.07, 6.45) is -5.82. The number of rotatable bonds is 4. The molecule has 0 bridgehead atoms. The molecule has 6 nitrogen and oxygen atoms in total. The Morgan fingerprint density at radius 3 is 2.19 bits per heavy atom. The number of aryl methyl sites for hydroxylation is 1. The Balaban J connectivity index is 2.50. The van der Waals surface area contributed by atoms with Crippen LogP contribution < -0.4 is 0 Å². The molecule has 0 atom stereocenters. The summed E-state index contributed by atoms with van der Waals surface area (Å²) in [6, 6.07) is 4.08. The topological polar surface area (TPSA) is 73.8 Å². The van der Waals surface area contributed by atoms with Crippen LogP contribution in [0.2, 0.25) is 0 Å². The van der Waals surface area contributed by atoms with Gasteiger partial charge in [-0.2, -0.15) is 22.0 Å². The van der Waals surface area contributed by atoms with Crippen LogP contribution >= 0.6 is 0 Å². The monoisotopic (exact) mass is 392 g/mol. The third-order valence-corrected chi connectivity index (χ3v) is 3.77. The van der Waals surface area contributed by atoms with Crippen molar-refractivity contribution in [3.05, 3.63) is 51.1 Å². The highest BCUT2D eigenvalue weighted by molar-refractivity contribution is 5.41. The zero-order valence-electron chi connectivity index (χ0n) is 14.9. The zero-order chi connectivity index (χ0) is 20.8. The van der Waals surface area contributed by atoms with E-state index in [0.29, 0.717) is 11.1 Å². The van der Waals surface area contributed by atoms with Crippen molar-refractivity contribution in [1.82, 2.24) is 14.8 Å². The fourth-order valence-electron chi connectivity index (χ4n) is 2.46. The number of nitrogens with zero attached hydrogens (tertiary/aromatic N) is 4. The number of nitro groups is 1. The summed E-state index contributed by atoms with van der Waals surface area (Å²) in [4.78, 5) is 13.8. The minimum atomic E-state index is -5.82. The molecule has 1 aromatic carbocycles. The molecule has 27 heavy (non-hydrogen) atoms. The molecule has 0 radical (unpaired) electrons. The highest BCUT2D eigenvalue weighted by Gasteiger charge is 2.62. The van der Waals surface area contributed by atoms with Crippen LogP contribution in [0.25, 0.3) is 0 Å². The van der Waals surface area contributed by atoms with Gasteiger partial charge in [-0.25, -0.2) is 9.67 Å². The van der Waals surface area contributed by atoms with Gasteiger partial charge >= 0.3 is 12.1 Å². The van der Waals surface area contributed by atoms with Crippen molar-refractivity contribution in [2.45, 2.75) is 51.8 Å². The van der Waals surface area contributed by atoms with E-state index >= 15 is 0 Å². The van der Waals surface area contributed by atoms with Gasteiger partial charge in [-0.15, -0.1) is 5.10 Å². The number of hydrogen-bond acceptors (Lipinski definition) is 4. The molecule has 2 rings (SSSR count). The predicted octanol–water partition coefficient (Wildman–Crippen LogP) is 4.49. The maximum Gasteiger partial charge on any atom is 0.461 e. The number of benzene rings is 1. The van der Waals surface area contributed by atoms with Crippen LogP contribution in [-0.4, -0.2) is 25.9 Å². The fourth-order valence-corrected chi connectivity index (χ4v) is 2.46. The summed E-state index contributed by atoms with van der Waals surface area (Å²) in [5.74, 6) is -6.88. The lowest BCUT2D eigenvalue weighted by Gasteiger charge is -2.18. The van der Waals surface area contributed by atoms with Gasteiger partial charge in [0.1, 0.15) is 5.82 Å². The maximum absolute atomic E-state index is 13.7. The number of halogens is 5. The second kappa shape index (κ2) is 6.54. The van der Waals surface area contributed by atoms with E-state index in [2.05, 4.69) is 10.1 Å². The molecule has 0 amide bonds. The summed E-state index contributed by atoms with van der Waals surface area (Å²) in [5, 5.41) is 14.3. The first kappa shape index (κ1) is 20.7. The smallest absolute Gasteiger partial charge is 0.258 e. The number of alkyl halides is 5. The van der Waals surface area contributed by atoms with Crippen molar-refractivity contribution < 1.29 is 26.9 Å². The van der Waals surface area contributed by atoms with Gasteiger partial charge in [-0.05, 0) is 18.6 Å². The lowest BCUT2D eigenvalue weighted by molar-refractivity contribution is -0.385. The Morgan fingerprint density at radius 2 is 1.74 bits per heavy atom. The standard InChI is InChI=1S/C16H17F5N4O2/c1-9-7-10(5-6-11(9)25(26)27)8-24-13(14(2,3)4)22-12(23-24)15(17,18)16(19,20)21/h5-7H,8H2,1-4H3. The first-order chi connectivity index (χ1) is 12.1. The molecule has 0 saturated heterocycles. The van der Waals surface area contributed by atoms with Crippen LogP contribution in [0.1, 0.15) is 43.5 Å². The van der Waals surface area contributed by atoms with E-state index in [1.54, 1.807) is 20.8 Å². The van der Waals surface area contributed by atoms with Gasteiger partial charge < -0.3 is 0 Å². The van der Waals surface area contributed by atoms with Crippen molar-refractivity contribution in [3.63, 3.8) is 0 Å². The predicted molar refractivity (Wildman–Crippen MR) is 85.6 cm³/mol. The van der Waals surface area contributed by atoms with Gasteiger partial charge in [0.25, 0.3) is 5.69 Å². The quantitative estimate of drug-likeness (QED) is 0.436. The molecule has 1 aromatic heterocycles. The average molecular weight is 392 g/mol. The number of hydrogen-bond donors (Lipinski definition) is 0. The van der Waals surface area contributed by atoms with Gasteiger partial charge in [-0.3, -0.25) is 10.1 Å². The molecule has 0 aliphatic heterocycles. The summed E-state index contributed by atoms with van der Waals surface area (Å²) in [5.41, 5.74) is -0.202. The highest BCUT2D eigenvalue weighted by Crippen LogP contribution is 2.43. The van der Waals surface area contributed by atoms with Crippen LogP contribution in [0.3, 0.4) is 0 Å². The Hall–Kier alpha value is -2.59. The van der Waals surface area contributed by atoms with Gasteiger partial charge in [0, 0.05) is 17.0 Å². The molecule has 0 spiro atoms. The van der Waals surface area contributed by atoms with Crippen molar-refractivity contribution >= 4 is 5.69 Å². The Bertz CT molecular complexity index is 869. The van der Waals surface area contributed by atoms with Crippen molar-refractivity contribution in [3.8, 4) is 0 Å². The van der Waals surface area contributed by atoms with E-state index in [4.69, 9.17) is 0 Å². The van der Waals surface area contributed by atoms with Crippen LogP contribution in [0, 0.1) is 17.0 Å². The van der Waals surface area contributed by atoms with Crippen LogP contribution in [0.15, 0.2) is 18.2 Å². The van der Waals surface area contributed by atoms with Crippen molar-refractivity contribution in [2.24, 2.45) is 0 Å². The van der Waals surface area contributed by atoms with Gasteiger partial charge in [0.05, 0.1) is 11.5 Å². The van der Waals surface area contributed by atoms with Crippen LogP contribution in [0.5, 0.6) is 0 Å². The summed E-state index contributed by atoms with van der Waals surface area (Å²) in [7, 11) is 0. The number of aromatic nitrogens is 3. The summed E-state index contributed by atoms with van der Waals surface area (Å²) >= 11 is 0. The lowest BCUT2D eigenvalue weighted by Crippen LogP contribution is -2.35. The minimum absolute atomic E-state index is 0.0579. The minimum Gasteiger partial charge on any atom is -0.258 e. The first-order valence-electron chi connectivity index (χ1n) is 7.79. The molecule has 2 aromatic rings. The second-order valence-corrected chi connectivity index (χ2v) is 7.12. The van der Waals surface area contributed by atoms with E-state index in [0.717, 1.165) is 4.68 Å². The van der Waals surface area contributed by atoms with E-state index in [-0.39, 0.29) is 18.1 Å². The average Bonchev–Trinajstić information content (AvgIpc) is 2.90. The van der Waals surface area contributed by atoms with Gasteiger partial charge in [-0.1, -0.05) is 26.8 Å². The summed E-state index contributed by atoms with van der Waals surface area (Å²) < 4.78 is 66.2. The van der Waals surface area contributed by atoms with Gasteiger partial charge in [0.15, 0.2) is 0 Å². The van der Waals surface area contributed by atoms with Crippen molar-refractivity contribution in [2.75, 3.05) is 0 Å². The first-order valence-corrected chi connectivity index (χ1v) is 7.79. The van der Waals surface area contributed by atoms with Crippen LogP contribution in [0.4, 0.5) is 27.6 Å².